The Kier molecular flexibility index (Phi) is 6.91. The third kappa shape index (κ3) is 5.29. The third-order valence-corrected chi connectivity index (χ3v) is 4.70. The lowest BCUT2D eigenvalue weighted by molar-refractivity contribution is -0.125. The molecule has 2 aromatic rings. The predicted octanol–water partition coefficient (Wildman–Crippen LogP) is 3.39. The molecule has 7 nitrogen and oxygen atoms in total. The van der Waals surface area contributed by atoms with E-state index in [1.165, 1.54) is 24.3 Å². The summed E-state index contributed by atoms with van der Waals surface area (Å²) < 4.78 is 16.5. The predicted molar refractivity (Wildman–Crippen MR) is 109 cm³/mol. The molecule has 0 radical (unpaired) electrons. The summed E-state index contributed by atoms with van der Waals surface area (Å²) in [5, 5.41) is 11.7. The van der Waals surface area contributed by atoms with Gasteiger partial charge in [0.15, 0.2) is 18.1 Å². The van der Waals surface area contributed by atoms with Crippen molar-refractivity contribution < 1.29 is 23.8 Å². The standard InChI is InChI=1S/C23H24N2O5/c1-15(2)22(18-8-9-19-20(12-18)29-11-3-10-28-19)25-21(26)14-30-23(27)17-6-4-16(13-24)5-7-17/h4-9,12,15,22H,3,10-11,14H2,1-2H3,(H,25,26)/t22-/m1/s1. The highest BCUT2D eigenvalue weighted by molar-refractivity contribution is 5.91. The number of carbonyl (C=O) groups excluding carboxylic acids is 2. The van der Waals surface area contributed by atoms with E-state index in [-0.39, 0.29) is 17.5 Å². The van der Waals surface area contributed by atoms with Gasteiger partial charge in [-0.05, 0) is 47.9 Å². The maximum absolute atomic E-state index is 12.4. The highest BCUT2D eigenvalue weighted by atomic mass is 16.5. The summed E-state index contributed by atoms with van der Waals surface area (Å²) in [6, 6.07) is 13.4. The maximum Gasteiger partial charge on any atom is 0.338 e. The van der Waals surface area contributed by atoms with E-state index in [2.05, 4.69) is 5.32 Å². The van der Waals surface area contributed by atoms with E-state index in [0.717, 1.165) is 12.0 Å². The van der Waals surface area contributed by atoms with E-state index in [1.54, 1.807) is 0 Å². The molecule has 1 aliphatic heterocycles. The smallest absolute Gasteiger partial charge is 0.338 e. The molecule has 156 valence electrons. The number of ether oxygens (including phenoxy) is 3. The molecule has 0 saturated carbocycles. The van der Waals surface area contributed by atoms with Crippen molar-refractivity contribution in [3.63, 3.8) is 0 Å². The molecule has 1 N–H and O–H groups in total. The van der Waals surface area contributed by atoms with Crippen LogP contribution in [-0.2, 0) is 9.53 Å². The molecule has 0 spiro atoms. The molecule has 3 rings (SSSR count). The normalized spacial score (nSPS) is 13.7. The molecule has 1 heterocycles. The lowest BCUT2D eigenvalue weighted by atomic mass is 9.95. The average molecular weight is 408 g/mol. The molecule has 7 heteroatoms. The van der Waals surface area contributed by atoms with E-state index < -0.39 is 18.5 Å². The first-order chi connectivity index (χ1) is 14.5. The van der Waals surface area contributed by atoms with Crippen LogP contribution < -0.4 is 14.8 Å². The highest BCUT2D eigenvalue weighted by Gasteiger charge is 2.22. The molecule has 0 saturated heterocycles. The Morgan fingerprint density at radius 1 is 1.10 bits per heavy atom. The van der Waals surface area contributed by atoms with Gasteiger partial charge in [0, 0.05) is 6.42 Å². The lowest BCUT2D eigenvalue weighted by Gasteiger charge is -2.23. The van der Waals surface area contributed by atoms with Crippen molar-refractivity contribution in [2.75, 3.05) is 19.8 Å². The topological polar surface area (TPSA) is 97.7 Å². The van der Waals surface area contributed by atoms with E-state index in [9.17, 15) is 9.59 Å². The van der Waals surface area contributed by atoms with E-state index >= 15 is 0 Å². The third-order valence-electron chi connectivity index (χ3n) is 4.70. The van der Waals surface area contributed by atoms with Crippen LogP contribution >= 0.6 is 0 Å². The monoisotopic (exact) mass is 408 g/mol. The van der Waals surface area contributed by atoms with Crippen LogP contribution in [0.25, 0.3) is 0 Å². The first-order valence-electron chi connectivity index (χ1n) is 9.84. The van der Waals surface area contributed by atoms with E-state index in [1.807, 2.05) is 38.1 Å². The molecule has 0 fully saturated rings. The van der Waals surface area contributed by atoms with E-state index in [4.69, 9.17) is 19.5 Å². The summed E-state index contributed by atoms with van der Waals surface area (Å²) in [6.07, 6.45) is 0.818. The number of nitrogens with zero attached hydrogens (tertiary/aromatic N) is 1. The van der Waals surface area contributed by atoms with Gasteiger partial charge >= 0.3 is 5.97 Å². The number of benzene rings is 2. The molecule has 0 aromatic heterocycles. The molecule has 1 amide bonds. The zero-order valence-corrected chi connectivity index (χ0v) is 17.0. The highest BCUT2D eigenvalue weighted by Crippen LogP contribution is 2.34. The number of hydrogen-bond acceptors (Lipinski definition) is 6. The van der Waals surface area contributed by atoms with Crippen molar-refractivity contribution in [1.29, 1.82) is 5.26 Å². The van der Waals surface area contributed by atoms with Crippen molar-refractivity contribution in [2.24, 2.45) is 5.92 Å². The SMILES string of the molecule is CC(C)[C@@H](NC(=O)COC(=O)c1ccc(C#N)cc1)c1ccc2c(c1)OCCCO2. The second-order valence-corrected chi connectivity index (χ2v) is 7.31. The minimum absolute atomic E-state index is 0.105. The zero-order chi connectivity index (χ0) is 21.5. The Labute approximate surface area is 175 Å². The molecule has 1 aliphatic rings. The minimum atomic E-state index is -0.619. The molecule has 1 atom stereocenters. The number of carbonyl (C=O) groups is 2. The number of fused-ring (bicyclic) bond motifs is 1. The molecule has 0 unspecified atom stereocenters. The van der Waals surface area contributed by atoms with Crippen LogP contribution in [0.15, 0.2) is 42.5 Å². The summed E-state index contributed by atoms with van der Waals surface area (Å²) in [7, 11) is 0. The number of hydrogen-bond donors (Lipinski definition) is 1. The molecule has 0 aliphatic carbocycles. The van der Waals surface area contributed by atoms with Crippen molar-refractivity contribution >= 4 is 11.9 Å². The fourth-order valence-electron chi connectivity index (χ4n) is 3.12. The Hall–Kier alpha value is -3.53. The molecule has 30 heavy (non-hydrogen) atoms. The number of esters is 1. The van der Waals surface area contributed by atoms with Crippen LogP contribution in [0.2, 0.25) is 0 Å². The summed E-state index contributed by atoms with van der Waals surface area (Å²) in [4.78, 5) is 24.5. The lowest BCUT2D eigenvalue weighted by Crippen LogP contribution is -2.35. The van der Waals surface area contributed by atoms with Crippen molar-refractivity contribution in [3.05, 3.63) is 59.2 Å². The van der Waals surface area contributed by atoms with Crippen LogP contribution in [0, 0.1) is 17.2 Å². The first kappa shape index (κ1) is 21.2. The van der Waals surface area contributed by atoms with Crippen molar-refractivity contribution in [2.45, 2.75) is 26.3 Å². The molecule has 2 aromatic carbocycles. The van der Waals surface area contributed by atoms with Gasteiger partial charge in [0.2, 0.25) is 0 Å². The maximum atomic E-state index is 12.4. The van der Waals surface area contributed by atoms with E-state index in [0.29, 0.717) is 30.3 Å². The largest absolute Gasteiger partial charge is 0.490 e. The van der Waals surface area contributed by atoms with Gasteiger partial charge in [-0.1, -0.05) is 19.9 Å². The van der Waals surface area contributed by atoms with Gasteiger partial charge in [-0.25, -0.2) is 4.79 Å². The average Bonchev–Trinajstić information content (AvgIpc) is 3.00. The van der Waals surface area contributed by atoms with Gasteiger partial charge in [0.1, 0.15) is 0 Å². The van der Waals surface area contributed by atoms with Gasteiger partial charge in [-0.15, -0.1) is 0 Å². The van der Waals surface area contributed by atoms with Crippen LogP contribution in [0.4, 0.5) is 0 Å². The van der Waals surface area contributed by atoms with Crippen LogP contribution in [-0.4, -0.2) is 31.7 Å². The van der Waals surface area contributed by atoms with Crippen LogP contribution in [0.1, 0.15) is 47.8 Å². The summed E-state index contributed by atoms with van der Waals surface area (Å²) >= 11 is 0. The van der Waals surface area contributed by atoms with Crippen molar-refractivity contribution in [1.82, 2.24) is 5.32 Å². The summed E-state index contributed by atoms with van der Waals surface area (Å²) in [5.74, 6) is 0.445. The minimum Gasteiger partial charge on any atom is -0.490 e. The van der Waals surface area contributed by atoms with Gasteiger partial charge in [-0.2, -0.15) is 5.26 Å². The Balaban J connectivity index is 1.62. The second-order valence-electron chi connectivity index (χ2n) is 7.31. The summed E-state index contributed by atoms with van der Waals surface area (Å²) in [5.41, 5.74) is 1.62. The van der Waals surface area contributed by atoms with Crippen LogP contribution in [0.3, 0.4) is 0 Å². The zero-order valence-electron chi connectivity index (χ0n) is 17.0. The number of rotatable bonds is 6. The van der Waals surface area contributed by atoms with Gasteiger partial charge in [0.25, 0.3) is 5.91 Å². The molecular weight excluding hydrogens is 384 g/mol. The Morgan fingerprint density at radius 2 is 1.80 bits per heavy atom. The number of nitrogens with one attached hydrogen (secondary N) is 1. The molecule has 0 bridgehead atoms. The number of amides is 1. The molecular formula is C23H24N2O5. The second kappa shape index (κ2) is 9.79. The Morgan fingerprint density at radius 3 is 2.47 bits per heavy atom. The Bertz CT molecular complexity index is 947. The van der Waals surface area contributed by atoms with Gasteiger partial charge in [-0.3, -0.25) is 4.79 Å². The van der Waals surface area contributed by atoms with Gasteiger partial charge < -0.3 is 19.5 Å². The summed E-state index contributed by atoms with van der Waals surface area (Å²) in [6.45, 7) is 4.79. The number of nitriles is 1. The fraction of sp³-hybridized carbons (Fsp3) is 0.348. The van der Waals surface area contributed by atoms with Crippen LogP contribution in [0.5, 0.6) is 11.5 Å². The first-order valence-corrected chi connectivity index (χ1v) is 9.84. The van der Waals surface area contributed by atoms with Gasteiger partial charge in [0.05, 0.1) is 36.5 Å². The quantitative estimate of drug-likeness (QED) is 0.736. The van der Waals surface area contributed by atoms with Crippen molar-refractivity contribution in [3.8, 4) is 17.6 Å². The fourth-order valence-corrected chi connectivity index (χ4v) is 3.12.